The number of carbonyl (C=O) groups is 2. The van der Waals surface area contributed by atoms with Crippen molar-refractivity contribution in [1.29, 1.82) is 0 Å². The summed E-state index contributed by atoms with van der Waals surface area (Å²) in [5.41, 5.74) is 6.77. The molecule has 2 rings (SSSR count). The lowest BCUT2D eigenvalue weighted by Crippen LogP contribution is -2.40. The van der Waals surface area contributed by atoms with Crippen LogP contribution in [0.15, 0.2) is 36.7 Å². The molecule has 0 fully saturated rings. The summed E-state index contributed by atoms with van der Waals surface area (Å²) in [6.45, 7) is 4.17. The molecule has 0 bridgehead atoms. The second-order valence-electron chi connectivity index (χ2n) is 5.79. The van der Waals surface area contributed by atoms with Crippen molar-refractivity contribution in [2.45, 2.75) is 33.0 Å². The molecule has 4 N–H and O–H groups in total. The van der Waals surface area contributed by atoms with Crippen molar-refractivity contribution in [3.05, 3.63) is 42.2 Å². The number of carbonyl (C=O) groups excluding carboxylic acids is 2. The Bertz CT molecular complexity index is 689. The van der Waals surface area contributed by atoms with Crippen molar-refractivity contribution in [3.63, 3.8) is 0 Å². The Morgan fingerprint density at radius 2 is 1.92 bits per heavy atom. The summed E-state index contributed by atoms with van der Waals surface area (Å²) in [7, 11) is 0. The summed E-state index contributed by atoms with van der Waals surface area (Å²) in [6, 6.07) is 8.97. The average molecular weight is 367 g/mol. The second kappa shape index (κ2) is 9.75. The first-order chi connectivity index (χ1) is 11.5. The maximum absolute atomic E-state index is 11.9. The van der Waals surface area contributed by atoms with Crippen LogP contribution in [0.3, 0.4) is 0 Å². The van der Waals surface area contributed by atoms with Gasteiger partial charge in [0.2, 0.25) is 17.8 Å². The molecule has 2 amide bonds. The number of nitrogens with two attached hydrogens (primary N) is 1. The van der Waals surface area contributed by atoms with Crippen LogP contribution < -0.4 is 16.4 Å². The van der Waals surface area contributed by atoms with E-state index in [1.54, 1.807) is 0 Å². The van der Waals surface area contributed by atoms with Gasteiger partial charge in [0, 0.05) is 6.54 Å². The molecule has 0 saturated carbocycles. The lowest BCUT2D eigenvalue weighted by molar-refractivity contribution is -0.122. The van der Waals surface area contributed by atoms with Gasteiger partial charge in [-0.2, -0.15) is 0 Å². The van der Waals surface area contributed by atoms with Crippen molar-refractivity contribution in [2.24, 2.45) is 11.7 Å². The Kier molecular flexibility index (Phi) is 8.03. The molecular weight excluding hydrogens is 344 g/mol. The van der Waals surface area contributed by atoms with Crippen molar-refractivity contribution in [1.82, 2.24) is 20.1 Å². The van der Waals surface area contributed by atoms with Gasteiger partial charge in [0.25, 0.3) is 0 Å². The topological polar surface area (TPSA) is 115 Å². The molecule has 2 aromatic rings. The number of rotatable bonds is 7. The first kappa shape index (κ1) is 20.6. The Morgan fingerprint density at radius 1 is 1.24 bits per heavy atom. The van der Waals surface area contributed by atoms with Crippen molar-refractivity contribution < 1.29 is 9.59 Å². The Labute approximate surface area is 152 Å². The third kappa shape index (κ3) is 6.52. The van der Waals surface area contributed by atoms with E-state index in [9.17, 15) is 9.59 Å². The smallest absolute Gasteiger partial charge is 0.248 e. The van der Waals surface area contributed by atoms with Gasteiger partial charge >= 0.3 is 0 Å². The van der Waals surface area contributed by atoms with Gasteiger partial charge in [0.15, 0.2) is 0 Å². The molecule has 1 aromatic heterocycles. The number of nitrogens with zero attached hydrogens (tertiary/aromatic N) is 3. The first-order valence-electron chi connectivity index (χ1n) is 7.72. The molecule has 0 saturated heterocycles. The zero-order chi connectivity index (χ0) is 17.5. The van der Waals surface area contributed by atoms with Crippen molar-refractivity contribution >= 4 is 30.2 Å². The second-order valence-corrected chi connectivity index (χ2v) is 5.79. The number of halogens is 1. The average Bonchev–Trinajstić information content (AvgIpc) is 2.99. The van der Waals surface area contributed by atoms with Crippen LogP contribution in [0.25, 0.3) is 0 Å². The minimum Gasteiger partial charge on any atom is -0.350 e. The van der Waals surface area contributed by atoms with Gasteiger partial charge in [0.05, 0.1) is 6.04 Å². The molecular formula is C16H23ClN6O2. The number of benzene rings is 1. The van der Waals surface area contributed by atoms with E-state index >= 15 is 0 Å². The van der Waals surface area contributed by atoms with Crippen molar-refractivity contribution in [3.8, 4) is 0 Å². The molecule has 9 heteroatoms. The fraction of sp³-hybridized carbons (Fsp3) is 0.375. The van der Waals surface area contributed by atoms with Gasteiger partial charge in [-0.25, -0.2) is 9.67 Å². The number of hydrogen-bond donors (Lipinski definition) is 3. The maximum atomic E-state index is 11.9. The van der Waals surface area contributed by atoms with Crippen LogP contribution in [0.1, 0.15) is 19.4 Å². The lowest BCUT2D eigenvalue weighted by Gasteiger charge is -2.13. The molecule has 0 unspecified atom stereocenters. The SMILES string of the molecule is CC(C)[C@H](N)C(=O)Nc1ncn(CC(=O)NCc2ccccc2)n1.Cl. The molecule has 8 nitrogen and oxygen atoms in total. The number of aromatic nitrogens is 3. The lowest BCUT2D eigenvalue weighted by atomic mass is 10.1. The predicted octanol–water partition coefficient (Wildman–Crippen LogP) is 0.938. The number of anilines is 1. The Morgan fingerprint density at radius 3 is 2.56 bits per heavy atom. The van der Waals surface area contributed by atoms with E-state index in [-0.39, 0.29) is 42.6 Å². The fourth-order valence-electron chi connectivity index (χ4n) is 1.92. The standard InChI is InChI=1S/C16H22N6O2.ClH/c1-11(2)14(17)15(24)20-16-19-10-22(21-16)9-13(23)18-8-12-6-4-3-5-7-12;/h3-7,10-11,14H,8-9,17H2,1-2H3,(H,18,23)(H,20,21,24);1H/t14-;/m0./s1. The zero-order valence-corrected chi connectivity index (χ0v) is 15.0. The van der Waals surface area contributed by atoms with E-state index in [0.717, 1.165) is 5.56 Å². The largest absolute Gasteiger partial charge is 0.350 e. The molecule has 25 heavy (non-hydrogen) atoms. The summed E-state index contributed by atoms with van der Waals surface area (Å²) in [4.78, 5) is 27.7. The van der Waals surface area contributed by atoms with E-state index in [4.69, 9.17) is 5.73 Å². The quantitative estimate of drug-likeness (QED) is 0.674. The molecule has 1 aromatic carbocycles. The molecule has 0 aliphatic heterocycles. The molecule has 1 atom stereocenters. The number of amides is 2. The van der Waals surface area contributed by atoms with Gasteiger partial charge in [0.1, 0.15) is 12.9 Å². The van der Waals surface area contributed by atoms with E-state index in [1.807, 2.05) is 44.2 Å². The zero-order valence-electron chi connectivity index (χ0n) is 14.2. The van der Waals surface area contributed by atoms with Gasteiger partial charge in [-0.05, 0) is 11.5 Å². The van der Waals surface area contributed by atoms with Gasteiger partial charge in [-0.3, -0.25) is 14.9 Å². The highest BCUT2D eigenvalue weighted by molar-refractivity contribution is 5.93. The van der Waals surface area contributed by atoms with Crippen LogP contribution in [0.2, 0.25) is 0 Å². The van der Waals surface area contributed by atoms with Crippen LogP contribution in [0, 0.1) is 5.92 Å². The normalized spacial score (nSPS) is 11.5. The van der Waals surface area contributed by atoms with Crippen LogP contribution in [0.4, 0.5) is 5.95 Å². The van der Waals surface area contributed by atoms with Gasteiger partial charge in [-0.1, -0.05) is 44.2 Å². The monoisotopic (exact) mass is 366 g/mol. The van der Waals surface area contributed by atoms with Crippen LogP contribution >= 0.6 is 12.4 Å². The highest BCUT2D eigenvalue weighted by Gasteiger charge is 2.18. The van der Waals surface area contributed by atoms with E-state index in [1.165, 1.54) is 11.0 Å². The maximum Gasteiger partial charge on any atom is 0.248 e. The summed E-state index contributed by atoms with van der Waals surface area (Å²) in [5.74, 6) is -0.403. The molecule has 0 spiro atoms. The molecule has 0 radical (unpaired) electrons. The predicted molar refractivity (Wildman–Crippen MR) is 97.0 cm³/mol. The number of nitrogens with one attached hydrogen (secondary N) is 2. The Hall–Kier alpha value is -2.45. The van der Waals surface area contributed by atoms with Gasteiger partial charge in [-0.15, -0.1) is 17.5 Å². The molecule has 0 aliphatic carbocycles. The third-order valence-corrected chi connectivity index (χ3v) is 3.43. The molecule has 136 valence electrons. The first-order valence-corrected chi connectivity index (χ1v) is 7.72. The van der Waals surface area contributed by atoms with Crippen LogP contribution in [0.5, 0.6) is 0 Å². The van der Waals surface area contributed by atoms with Crippen LogP contribution in [-0.4, -0.2) is 32.6 Å². The summed E-state index contributed by atoms with van der Waals surface area (Å²) < 4.78 is 1.36. The minimum atomic E-state index is -0.633. The Balaban J connectivity index is 0.00000312. The van der Waals surface area contributed by atoms with E-state index in [0.29, 0.717) is 6.54 Å². The summed E-state index contributed by atoms with van der Waals surface area (Å²) in [5, 5.41) is 9.38. The van der Waals surface area contributed by atoms with E-state index in [2.05, 4.69) is 20.7 Å². The highest BCUT2D eigenvalue weighted by atomic mass is 35.5. The fourth-order valence-corrected chi connectivity index (χ4v) is 1.92. The third-order valence-electron chi connectivity index (χ3n) is 3.43. The molecule has 0 aliphatic rings. The molecule has 1 heterocycles. The number of hydrogen-bond acceptors (Lipinski definition) is 5. The van der Waals surface area contributed by atoms with E-state index < -0.39 is 6.04 Å². The van der Waals surface area contributed by atoms with Crippen LogP contribution in [-0.2, 0) is 22.7 Å². The van der Waals surface area contributed by atoms with Crippen molar-refractivity contribution in [2.75, 3.05) is 5.32 Å². The highest BCUT2D eigenvalue weighted by Crippen LogP contribution is 2.03. The summed E-state index contributed by atoms with van der Waals surface area (Å²) in [6.07, 6.45) is 1.39. The van der Waals surface area contributed by atoms with Gasteiger partial charge < -0.3 is 11.1 Å². The minimum absolute atomic E-state index is 0. The summed E-state index contributed by atoms with van der Waals surface area (Å²) >= 11 is 0.